The molecule has 8 rings (SSSR count). The summed E-state index contributed by atoms with van der Waals surface area (Å²) in [4.78, 5) is 24.5. The zero-order chi connectivity index (χ0) is 27.3. The maximum absolute atomic E-state index is 14.0. The van der Waals surface area contributed by atoms with Crippen molar-refractivity contribution < 1.29 is 14.3 Å². The molecule has 1 N–H and O–H groups in total. The molecule has 4 atom stereocenters. The van der Waals surface area contributed by atoms with Crippen molar-refractivity contribution in [2.75, 3.05) is 51.8 Å². The van der Waals surface area contributed by atoms with Gasteiger partial charge >= 0.3 is 0 Å². The Balaban J connectivity index is 1.14. The largest absolute Gasteiger partial charge is 0.493 e. The van der Waals surface area contributed by atoms with Gasteiger partial charge in [0.25, 0.3) is 5.91 Å². The maximum atomic E-state index is 14.0. The summed E-state index contributed by atoms with van der Waals surface area (Å²) in [5.41, 5.74) is 7.90. The number of piperazine rings is 1. The molecule has 1 amide bonds. The molecule has 0 saturated carbocycles. The number of amides is 1. The number of hydrogen-bond donors (Lipinski definition) is 1. The van der Waals surface area contributed by atoms with Gasteiger partial charge in [-0.2, -0.15) is 0 Å². The topological polar surface area (TPSA) is 61.0 Å². The minimum atomic E-state index is -0.125. The van der Waals surface area contributed by atoms with E-state index < -0.39 is 0 Å². The third kappa shape index (κ3) is 3.13. The Morgan fingerprint density at radius 3 is 2.67 bits per heavy atom. The number of carbonyl (C=O) groups is 1. The van der Waals surface area contributed by atoms with Crippen LogP contribution in [0, 0.1) is 12.8 Å². The first kappa shape index (κ1) is 24.6. The number of aromatic nitrogens is 1. The van der Waals surface area contributed by atoms with Crippen LogP contribution in [0.3, 0.4) is 0 Å². The number of likely N-dealkylation sites (tertiary alicyclic amines) is 1. The van der Waals surface area contributed by atoms with E-state index in [9.17, 15) is 4.79 Å². The lowest BCUT2D eigenvalue weighted by Gasteiger charge is -2.57. The van der Waals surface area contributed by atoms with E-state index in [4.69, 9.17) is 21.1 Å². The Kier molecular flexibility index (Phi) is 5.34. The first-order valence-corrected chi connectivity index (χ1v) is 14.9. The van der Waals surface area contributed by atoms with Gasteiger partial charge in [-0.15, -0.1) is 0 Å². The average Bonchev–Trinajstić information content (AvgIpc) is 3.49. The molecule has 208 valence electrons. The zero-order valence-corrected chi connectivity index (χ0v) is 24.1. The van der Waals surface area contributed by atoms with E-state index in [2.05, 4.69) is 47.0 Å². The summed E-state index contributed by atoms with van der Waals surface area (Å²) in [6, 6.07) is 12.7. The number of nitrogens with one attached hydrogen (secondary N) is 1. The molecule has 2 aromatic carbocycles. The molecule has 1 aromatic heterocycles. The van der Waals surface area contributed by atoms with Crippen molar-refractivity contribution in [1.29, 1.82) is 0 Å². The lowest BCUT2D eigenvalue weighted by molar-refractivity contribution is -0.0256. The highest BCUT2D eigenvalue weighted by molar-refractivity contribution is 6.33. The van der Waals surface area contributed by atoms with Crippen LogP contribution in [0.25, 0.3) is 0 Å². The average molecular weight is 559 g/mol. The van der Waals surface area contributed by atoms with Gasteiger partial charge in [-0.1, -0.05) is 29.8 Å². The van der Waals surface area contributed by atoms with Gasteiger partial charge in [0.2, 0.25) is 0 Å². The predicted octanol–water partition coefficient (Wildman–Crippen LogP) is 4.75. The number of carbonyl (C=O) groups excluding carboxylic acids is 1. The van der Waals surface area contributed by atoms with Gasteiger partial charge in [0.15, 0.2) is 11.5 Å². The fourth-order valence-corrected chi connectivity index (χ4v) is 8.92. The number of H-pyrrole nitrogens is 1. The summed E-state index contributed by atoms with van der Waals surface area (Å²) in [6.07, 6.45) is 2.93. The second-order valence-electron chi connectivity index (χ2n) is 12.2. The first-order chi connectivity index (χ1) is 19.4. The van der Waals surface area contributed by atoms with Gasteiger partial charge in [0.1, 0.15) is 11.8 Å². The number of halogens is 1. The normalized spacial score (nSPS) is 28.1. The summed E-state index contributed by atoms with van der Waals surface area (Å²) >= 11 is 6.45. The number of piperidine rings is 1. The summed E-state index contributed by atoms with van der Waals surface area (Å²) in [5, 5.41) is 0.754. The molecule has 1 unspecified atom stereocenters. The predicted molar refractivity (Wildman–Crippen MR) is 155 cm³/mol. The van der Waals surface area contributed by atoms with Crippen molar-refractivity contribution in [3.05, 3.63) is 75.1 Å². The maximum Gasteiger partial charge on any atom is 0.270 e. The van der Waals surface area contributed by atoms with E-state index in [1.54, 1.807) is 7.11 Å². The van der Waals surface area contributed by atoms with E-state index in [-0.39, 0.29) is 17.4 Å². The van der Waals surface area contributed by atoms with Crippen molar-refractivity contribution in [3.63, 3.8) is 0 Å². The number of methoxy groups -OCH3 is 1. The highest BCUT2D eigenvalue weighted by Gasteiger charge is 2.65. The highest BCUT2D eigenvalue weighted by atomic mass is 35.5. The molecule has 1 spiro atoms. The molecule has 2 fully saturated rings. The number of nitrogens with zero attached hydrogens (tertiary/aromatic N) is 3. The number of fused-ring (bicyclic) bond motifs is 2. The number of benzene rings is 2. The van der Waals surface area contributed by atoms with Crippen molar-refractivity contribution >= 4 is 23.2 Å². The summed E-state index contributed by atoms with van der Waals surface area (Å²) < 4.78 is 12.7. The van der Waals surface area contributed by atoms with E-state index >= 15 is 0 Å². The van der Waals surface area contributed by atoms with Gasteiger partial charge in [0, 0.05) is 43.2 Å². The van der Waals surface area contributed by atoms with E-state index in [0.717, 1.165) is 78.1 Å². The molecule has 40 heavy (non-hydrogen) atoms. The second-order valence-corrected chi connectivity index (χ2v) is 12.6. The number of hydrogen-bond acceptors (Lipinski definition) is 5. The third-order valence-corrected chi connectivity index (χ3v) is 11.0. The smallest absolute Gasteiger partial charge is 0.270 e. The van der Waals surface area contributed by atoms with Crippen LogP contribution >= 0.6 is 11.6 Å². The Bertz CT molecular complexity index is 1540. The van der Waals surface area contributed by atoms with Crippen LogP contribution in [0.15, 0.2) is 36.4 Å². The number of rotatable bonds is 3. The lowest BCUT2D eigenvalue weighted by atomic mass is 9.51. The summed E-state index contributed by atoms with van der Waals surface area (Å²) in [5.74, 6) is 2.26. The molecule has 4 heterocycles. The molecule has 3 aliphatic heterocycles. The summed E-state index contributed by atoms with van der Waals surface area (Å²) in [7, 11) is 4.00. The zero-order valence-electron chi connectivity index (χ0n) is 23.3. The quantitative estimate of drug-likeness (QED) is 0.503. The molecule has 2 aliphatic carbocycles. The standard InChI is InChI=1S/C32H35ClN4O3/c1-18-20-17-21-24-16-19-8-9-25(39-3)29-26(19)32(21,10-11-35(24)2)30(40-29)28(20)34-27(18)31(38)37-14-12-36(13-15-37)23-7-5-4-6-22(23)33/h4-9,21,24,30,34H,10-17H2,1-3H3/t21?,24-,30-,32-/m0/s1. The fourth-order valence-electron chi connectivity index (χ4n) is 8.67. The van der Waals surface area contributed by atoms with E-state index in [1.165, 1.54) is 16.7 Å². The Labute approximate surface area is 240 Å². The summed E-state index contributed by atoms with van der Waals surface area (Å²) in [6.45, 7) is 6.03. The molecule has 0 radical (unpaired) electrons. The molecule has 3 aromatic rings. The molecule has 5 aliphatic rings. The van der Waals surface area contributed by atoms with Crippen LogP contribution in [-0.4, -0.2) is 73.6 Å². The van der Waals surface area contributed by atoms with Crippen LogP contribution in [0.5, 0.6) is 11.5 Å². The SMILES string of the molecule is COc1ccc2c3c1O[C@H]1c4[nH]c(C(=O)N5CCN(c6ccccc6Cl)CC5)c(C)c4CC4[C@H](C2)N(C)CC[C@@]341. The van der Waals surface area contributed by atoms with E-state index in [0.29, 0.717) is 25.0 Å². The van der Waals surface area contributed by atoms with Gasteiger partial charge in [-0.05, 0) is 80.6 Å². The lowest BCUT2D eigenvalue weighted by Crippen LogP contribution is -2.62. The van der Waals surface area contributed by atoms with Gasteiger partial charge < -0.3 is 29.2 Å². The van der Waals surface area contributed by atoms with Crippen LogP contribution in [0.4, 0.5) is 5.69 Å². The number of para-hydroxylation sites is 1. The third-order valence-electron chi connectivity index (χ3n) is 10.7. The molecule has 2 saturated heterocycles. The van der Waals surface area contributed by atoms with Crippen LogP contribution < -0.4 is 14.4 Å². The van der Waals surface area contributed by atoms with Gasteiger partial charge in [-0.25, -0.2) is 0 Å². The Hall–Kier alpha value is -3.16. The van der Waals surface area contributed by atoms with Gasteiger partial charge in [0.05, 0.1) is 23.5 Å². The highest BCUT2D eigenvalue weighted by Crippen LogP contribution is 2.67. The van der Waals surface area contributed by atoms with Crippen LogP contribution in [0.1, 0.15) is 51.0 Å². The molecule has 8 heteroatoms. The first-order valence-electron chi connectivity index (χ1n) is 14.5. The molecular weight excluding hydrogens is 524 g/mol. The van der Waals surface area contributed by atoms with Crippen molar-refractivity contribution in [2.24, 2.45) is 5.92 Å². The number of likely N-dealkylation sites (N-methyl/N-ethyl adjacent to an activating group) is 1. The van der Waals surface area contributed by atoms with Crippen molar-refractivity contribution in [2.45, 2.75) is 43.7 Å². The van der Waals surface area contributed by atoms with Gasteiger partial charge in [-0.3, -0.25) is 4.79 Å². The number of ether oxygens (including phenoxy) is 2. The Morgan fingerprint density at radius 1 is 1.10 bits per heavy atom. The van der Waals surface area contributed by atoms with Crippen molar-refractivity contribution in [1.82, 2.24) is 14.8 Å². The van der Waals surface area contributed by atoms with Crippen LogP contribution in [-0.2, 0) is 18.3 Å². The molecular formula is C32H35ClN4O3. The van der Waals surface area contributed by atoms with Crippen molar-refractivity contribution in [3.8, 4) is 11.5 Å². The second kappa shape index (κ2) is 8.67. The minimum Gasteiger partial charge on any atom is -0.493 e. The number of anilines is 1. The molecule has 2 bridgehead atoms. The van der Waals surface area contributed by atoms with E-state index in [1.807, 2.05) is 23.1 Å². The fraction of sp³-hybridized carbons (Fsp3) is 0.469. The molecule has 7 nitrogen and oxygen atoms in total. The van der Waals surface area contributed by atoms with Crippen LogP contribution in [0.2, 0.25) is 5.02 Å². The monoisotopic (exact) mass is 558 g/mol. The minimum absolute atomic E-state index is 0.0834. The number of aromatic amines is 1. The Morgan fingerprint density at radius 2 is 1.90 bits per heavy atom.